The fraction of sp³-hybridized carbons (Fsp3) is 0.231. The highest BCUT2D eigenvalue weighted by Gasteiger charge is 2.29. The summed E-state index contributed by atoms with van der Waals surface area (Å²) >= 11 is 11.9. The fourth-order valence-electron chi connectivity index (χ4n) is 2.17. The maximum atomic E-state index is 12.1. The van der Waals surface area contributed by atoms with E-state index in [0.29, 0.717) is 28.2 Å². The van der Waals surface area contributed by atoms with Crippen LogP contribution in [0.25, 0.3) is 0 Å². The molecule has 2 aromatic rings. The summed E-state index contributed by atoms with van der Waals surface area (Å²) in [5.74, 6) is -0.715. The average Bonchev–Trinajstić information content (AvgIpc) is 2.90. The summed E-state index contributed by atoms with van der Waals surface area (Å²) in [7, 11) is 0. The number of anilines is 2. The summed E-state index contributed by atoms with van der Waals surface area (Å²) < 4.78 is 1.55. The van der Waals surface area contributed by atoms with Crippen LogP contribution in [0.15, 0.2) is 24.5 Å². The van der Waals surface area contributed by atoms with Crippen molar-refractivity contribution in [2.45, 2.75) is 13.0 Å². The third kappa shape index (κ3) is 3.05. The zero-order valence-electron chi connectivity index (χ0n) is 11.2. The lowest BCUT2D eigenvalue weighted by atomic mass is 10.0. The van der Waals surface area contributed by atoms with Crippen LogP contribution in [0, 0.1) is 5.92 Å². The first-order valence-corrected chi connectivity index (χ1v) is 7.22. The quantitative estimate of drug-likeness (QED) is 0.896. The summed E-state index contributed by atoms with van der Waals surface area (Å²) in [6.45, 7) is 0.303. The van der Waals surface area contributed by atoms with Crippen LogP contribution < -0.4 is 10.6 Å². The molecule has 0 fully saturated rings. The van der Waals surface area contributed by atoms with Gasteiger partial charge < -0.3 is 5.32 Å². The van der Waals surface area contributed by atoms with Crippen molar-refractivity contribution in [1.82, 2.24) is 14.8 Å². The molecule has 1 aromatic carbocycles. The van der Waals surface area contributed by atoms with Crippen molar-refractivity contribution in [1.29, 1.82) is 0 Å². The number of hydrogen-bond donors (Lipinski definition) is 2. The van der Waals surface area contributed by atoms with E-state index in [-0.39, 0.29) is 18.2 Å². The average molecular weight is 340 g/mol. The van der Waals surface area contributed by atoms with Gasteiger partial charge in [-0.15, -0.1) is 0 Å². The first kappa shape index (κ1) is 14.8. The second kappa shape index (κ2) is 5.94. The van der Waals surface area contributed by atoms with Crippen LogP contribution in [-0.2, 0) is 16.1 Å². The largest absolute Gasteiger partial charge is 0.325 e. The Morgan fingerprint density at radius 2 is 2.27 bits per heavy atom. The Kier molecular flexibility index (Phi) is 4.00. The van der Waals surface area contributed by atoms with Crippen LogP contribution in [0.4, 0.5) is 11.6 Å². The Labute approximate surface area is 135 Å². The molecule has 1 aliphatic heterocycles. The highest BCUT2D eigenvalue weighted by Crippen LogP contribution is 2.26. The van der Waals surface area contributed by atoms with E-state index < -0.39 is 5.92 Å². The van der Waals surface area contributed by atoms with Crippen molar-refractivity contribution < 1.29 is 9.59 Å². The minimum Gasteiger partial charge on any atom is -0.325 e. The van der Waals surface area contributed by atoms with Crippen molar-refractivity contribution in [3.63, 3.8) is 0 Å². The van der Waals surface area contributed by atoms with E-state index in [4.69, 9.17) is 23.2 Å². The van der Waals surface area contributed by atoms with E-state index >= 15 is 0 Å². The Morgan fingerprint density at radius 3 is 3.09 bits per heavy atom. The zero-order valence-corrected chi connectivity index (χ0v) is 12.7. The molecule has 7 nitrogen and oxygen atoms in total. The van der Waals surface area contributed by atoms with Crippen LogP contribution in [0.2, 0.25) is 10.0 Å². The van der Waals surface area contributed by atoms with Crippen LogP contribution in [0.3, 0.4) is 0 Å². The van der Waals surface area contributed by atoms with Crippen molar-refractivity contribution in [3.8, 4) is 0 Å². The number of nitrogens with zero attached hydrogens (tertiary/aromatic N) is 3. The summed E-state index contributed by atoms with van der Waals surface area (Å²) in [5.41, 5.74) is 0.414. The van der Waals surface area contributed by atoms with Gasteiger partial charge in [0.1, 0.15) is 6.33 Å². The van der Waals surface area contributed by atoms with Gasteiger partial charge in [0.05, 0.1) is 23.2 Å². The molecule has 22 heavy (non-hydrogen) atoms. The van der Waals surface area contributed by atoms with Crippen LogP contribution in [-0.4, -0.2) is 26.6 Å². The molecule has 2 heterocycles. The second-order valence-electron chi connectivity index (χ2n) is 4.83. The zero-order chi connectivity index (χ0) is 15.7. The lowest BCUT2D eigenvalue weighted by Gasteiger charge is -2.21. The van der Waals surface area contributed by atoms with Gasteiger partial charge in [0.15, 0.2) is 0 Å². The van der Waals surface area contributed by atoms with E-state index in [9.17, 15) is 9.59 Å². The topological polar surface area (TPSA) is 88.9 Å². The predicted molar refractivity (Wildman–Crippen MR) is 81.9 cm³/mol. The normalized spacial score (nSPS) is 16.8. The number of aromatic nitrogens is 3. The van der Waals surface area contributed by atoms with Crippen LogP contribution >= 0.6 is 23.2 Å². The molecule has 2 amide bonds. The molecule has 9 heteroatoms. The summed E-state index contributed by atoms with van der Waals surface area (Å²) in [5, 5.41) is 10.1. The van der Waals surface area contributed by atoms with Gasteiger partial charge >= 0.3 is 0 Å². The van der Waals surface area contributed by atoms with Gasteiger partial charge in [0, 0.05) is 11.4 Å². The molecule has 0 aliphatic carbocycles. The first-order valence-electron chi connectivity index (χ1n) is 6.46. The van der Waals surface area contributed by atoms with Gasteiger partial charge in [-0.25, -0.2) is 4.68 Å². The van der Waals surface area contributed by atoms with Crippen molar-refractivity contribution in [2.75, 3.05) is 10.6 Å². The molecule has 1 atom stereocenters. The summed E-state index contributed by atoms with van der Waals surface area (Å²) in [4.78, 5) is 27.9. The highest BCUT2D eigenvalue weighted by molar-refractivity contribution is 6.35. The minimum atomic E-state index is -0.521. The number of carbonyl (C=O) groups excluding carboxylic acids is 2. The van der Waals surface area contributed by atoms with Gasteiger partial charge in [-0.1, -0.05) is 23.2 Å². The SMILES string of the molecule is O=C(C[C@@H]1Cn2ncnc2NC1=O)Nc1cc(Cl)ccc1Cl. The fourth-order valence-corrected chi connectivity index (χ4v) is 2.51. The first-order chi connectivity index (χ1) is 10.5. The number of nitrogens with one attached hydrogen (secondary N) is 2. The number of fused-ring (bicyclic) bond motifs is 1. The van der Waals surface area contributed by atoms with Gasteiger partial charge in [-0.2, -0.15) is 10.1 Å². The van der Waals surface area contributed by atoms with Crippen molar-refractivity contribution in [2.24, 2.45) is 5.92 Å². The van der Waals surface area contributed by atoms with E-state index in [1.807, 2.05) is 0 Å². The van der Waals surface area contributed by atoms with E-state index in [0.717, 1.165) is 0 Å². The second-order valence-corrected chi connectivity index (χ2v) is 5.67. The predicted octanol–water partition coefficient (Wildman–Crippen LogP) is 2.18. The maximum absolute atomic E-state index is 12.1. The van der Waals surface area contributed by atoms with Crippen molar-refractivity contribution >= 4 is 46.7 Å². The van der Waals surface area contributed by atoms with E-state index in [2.05, 4.69) is 20.7 Å². The van der Waals surface area contributed by atoms with Crippen molar-refractivity contribution in [3.05, 3.63) is 34.6 Å². The molecule has 1 aliphatic rings. The highest BCUT2D eigenvalue weighted by atomic mass is 35.5. The monoisotopic (exact) mass is 339 g/mol. The maximum Gasteiger partial charge on any atom is 0.232 e. The lowest BCUT2D eigenvalue weighted by Crippen LogP contribution is -2.36. The molecule has 2 N–H and O–H groups in total. The van der Waals surface area contributed by atoms with Crippen LogP contribution in [0.1, 0.15) is 6.42 Å². The Hall–Kier alpha value is -2.12. The minimum absolute atomic E-state index is 0.00791. The van der Waals surface area contributed by atoms with Gasteiger partial charge in [0.25, 0.3) is 0 Å². The van der Waals surface area contributed by atoms with Gasteiger partial charge in [-0.3, -0.25) is 14.9 Å². The number of carbonyl (C=O) groups is 2. The molecule has 0 unspecified atom stereocenters. The molecule has 0 radical (unpaired) electrons. The molecule has 0 saturated carbocycles. The van der Waals surface area contributed by atoms with Gasteiger partial charge in [-0.05, 0) is 18.2 Å². The molecule has 114 valence electrons. The Bertz CT molecular complexity index is 746. The lowest BCUT2D eigenvalue weighted by molar-refractivity contribution is -0.125. The summed E-state index contributed by atoms with van der Waals surface area (Å²) in [6, 6.07) is 4.77. The molecule has 0 bridgehead atoms. The Morgan fingerprint density at radius 1 is 1.45 bits per heavy atom. The molecule has 3 rings (SSSR count). The van der Waals surface area contributed by atoms with Gasteiger partial charge in [0.2, 0.25) is 17.8 Å². The number of rotatable bonds is 3. The third-order valence-electron chi connectivity index (χ3n) is 3.25. The Balaban J connectivity index is 1.67. The number of hydrogen-bond acceptors (Lipinski definition) is 4. The molecule has 1 aromatic heterocycles. The molecule has 0 spiro atoms. The number of benzene rings is 1. The number of halogens is 2. The third-order valence-corrected chi connectivity index (χ3v) is 3.81. The molecule has 0 saturated heterocycles. The molecular weight excluding hydrogens is 329 g/mol. The standard InChI is InChI=1S/C13H11Cl2N5O2/c14-8-1-2-9(15)10(4-8)18-11(21)3-7-5-20-13(16-6-17-20)19-12(7)22/h1-2,4,6-7H,3,5H2,(H,18,21)(H,16,17,19,22)/t7-/m1/s1. The van der Waals surface area contributed by atoms with E-state index in [1.54, 1.807) is 22.9 Å². The van der Waals surface area contributed by atoms with E-state index in [1.165, 1.54) is 6.33 Å². The summed E-state index contributed by atoms with van der Waals surface area (Å²) in [6.07, 6.45) is 1.36. The number of amides is 2. The van der Waals surface area contributed by atoms with Crippen LogP contribution in [0.5, 0.6) is 0 Å². The smallest absolute Gasteiger partial charge is 0.232 e. The molecular formula is C13H11Cl2N5O2.